The van der Waals surface area contributed by atoms with E-state index in [-0.39, 0.29) is 23.2 Å². The number of nitrogens with zero attached hydrogens (tertiary/aromatic N) is 3. The van der Waals surface area contributed by atoms with Crippen molar-refractivity contribution in [3.8, 4) is 17.5 Å². The van der Waals surface area contributed by atoms with Gasteiger partial charge in [0.2, 0.25) is 0 Å². The Labute approximate surface area is 175 Å². The smallest absolute Gasteiger partial charge is 0.176 e. The van der Waals surface area contributed by atoms with Crippen LogP contribution in [0.4, 0.5) is 0 Å². The van der Waals surface area contributed by atoms with Gasteiger partial charge in [0.05, 0.1) is 16.7 Å². The number of ketones is 1. The van der Waals surface area contributed by atoms with Crippen LogP contribution in [0.15, 0.2) is 78.5 Å². The van der Waals surface area contributed by atoms with Gasteiger partial charge in [-0.25, -0.2) is 9.97 Å². The molecule has 0 fully saturated rings. The van der Waals surface area contributed by atoms with Gasteiger partial charge < -0.3 is 0 Å². The van der Waals surface area contributed by atoms with E-state index in [9.17, 15) is 10.1 Å². The van der Waals surface area contributed by atoms with E-state index in [1.54, 1.807) is 0 Å². The second kappa shape index (κ2) is 7.03. The van der Waals surface area contributed by atoms with Crippen molar-refractivity contribution >= 4 is 5.78 Å². The van der Waals surface area contributed by atoms with Gasteiger partial charge in [-0.15, -0.1) is 0 Å². The highest BCUT2D eigenvalue weighted by atomic mass is 16.1. The van der Waals surface area contributed by atoms with Gasteiger partial charge in [0, 0.05) is 17.7 Å². The van der Waals surface area contributed by atoms with Crippen LogP contribution in [0, 0.1) is 23.2 Å². The van der Waals surface area contributed by atoms with Gasteiger partial charge in [0.25, 0.3) is 0 Å². The van der Waals surface area contributed by atoms with Crippen molar-refractivity contribution in [3.63, 3.8) is 0 Å². The lowest BCUT2D eigenvalue weighted by Crippen LogP contribution is -2.48. The number of allylic oxidation sites excluding steroid dienone is 2. The molecule has 1 heterocycles. The molecular formula is C26H21N3O. The maximum atomic E-state index is 12.9. The summed E-state index contributed by atoms with van der Waals surface area (Å²) < 4.78 is 0. The molecule has 0 N–H and O–H groups in total. The Morgan fingerprint density at radius 3 is 2.47 bits per heavy atom. The minimum Gasteiger partial charge on any atom is -0.293 e. The third-order valence-electron chi connectivity index (χ3n) is 6.62. The largest absolute Gasteiger partial charge is 0.293 e. The van der Waals surface area contributed by atoms with E-state index < -0.39 is 5.41 Å². The van der Waals surface area contributed by atoms with Crippen LogP contribution in [0.2, 0.25) is 0 Å². The number of carbonyl (C=O) groups excluding carboxylic acids is 1. The van der Waals surface area contributed by atoms with Crippen molar-refractivity contribution in [2.45, 2.75) is 25.2 Å². The second-order valence-corrected chi connectivity index (χ2v) is 8.14. The molecule has 0 bridgehead atoms. The van der Waals surface area contributed by atoms with Crippen molar-refractivity contribution in [3.05, 3.63) is 95.3 Å². The van der Waals surface area contributed by atoms with E-state index in [1.807, 2.05) is 67.7 Å². The Kier molecular flexibility index (Phi) is 4.33. The molecule has 2 aliphatic carbocycles. The quantitative estimate of drug-likeness (QED) is 0.637. The summed E-state index contributed by atoms with van der Waals surface area (Å²) in [4.78, 5) is 22.6. The molecule has 5 rings (SSSR count). The summed E-state index contributed by atoms with van der Waals surface area (Å²) >= 11 is 0. The Balaban J connectivity index is 1.83. The molecule has 3 atom stereocenters. The van der Waals surface area contributed by atoms with Crippen molar-refractivity contribution in [1.29, 1.82) is 5.26 Å². The number of hydrogen-bond acceptors (Lipinski definition) is 4. The third kappa shape index (κ3) is 2.63. The number of rotatable bonds is 2. The van der Waals surface area contributed by atoms with Gasteiger partial charge in [-0.2, -0.15) is 5.26 Å². The molecule has 0 saturated heterocycles. The lowest BCUT2D eigenvalue weighted by atomic mass is 9.54. The molecule has 0 aliphatic heterocycles. The van der Waals surface area contributed by atoms with Gasteiger partial charge in [-0.1, -0.05) is 67.6 Å². The molecule has 3 aromatic rings. The number of aryl methyl sites for hydroxylation is 1. The first-order valence-electron chi connectivity index (χ1n) is 10.3. The van der Waals surface area contributed by atoms with Gasteiger partial charge >= 0.3 is 0 Å². The zero-order valence-electron chi connectivity index (χ0n) is 16.7. The minimum atomic E-state index is -0.611. The molecule has 0 spiro atoms. The summed E-state index contributed by atoms with van der Waals surface area (Å²) in [6, 6.07) is 22.3. The summed E-state index contributed by atoms with van der Waals surface area (Å²) in [5.41, 5.74) is 3.65. The first-order valence-corrected chi connectivity index (χ1v) is 10.3. The topological polar surface area (TPSA) is 66.6 Å². The highest BCUT2D eigenvalue weighted by Gasteiger charge is 2.52. The van der Waals surface area contributed by atoms with E-state index in [0.717, 1.165) is 35.2 Å². The predicted octanol–water partition coefficient (Wildman–Crippen LogP) is 4.66. The highest BCUT2D eigenvalue weighted by Crippen LogP contribution is 2.53. The average Bonchev–Trinajstić information content (AvgIpc) is 2.82. The number of carbonyl (C=O) groups is 1. The third-order valence-corrected chi connectivity index (χ3v) is 6.62. The van der Waals surface area contributed by atoms with Crippen molar-refractivity contribution in [1.82, 2.24) is 9.97 Å². The highest BCUT2D eigenvalue weighted by molar-refractivity contribution is 6.02. The number of benzene rings is 2. The molecule has 0 unspecified atom stereocenters. The maximum Gasteiger partial charge on any atom is 0.176 e. The Hall–Kier alpha value is -3.58. The first-order chi connectivity index (χ1) is 14.6. The van der Waals surface area contributed by atoms with Gasteiger partial charge in [0.1, 0.15) is 6.07 Å². The molecule has 30 heavy (non-hydrogen) atoms. The summed E-state index contributed by atoms with van der Waals surface area (Å²) in [5.74, 6) is 0.417. The van der Waals surface area contributed by atoms with Crippen molar-refractivity contribution < 1.29 is 4.79 Å². The summed E-state index contributed by atoms with van der Waals surface area (Å²) in [6.45, 7) is 1.96. The molecule has 2 aromatic carbocycles. The second-order valence-electron chi connectivity index (χ2n) is 8.14. The van der Waals surface area contributed by atoms with Gasteiger partial charge in [-0.3, -0.25) is 4.79 Å². The summed E-state index contributed by atoms with van der Waals surface area (Å²) in [5, 5.41) is 9.74. The summed E-state index contributed by atoms with van der Waals surface area (Å²) in [6.07, 6.45) is 5.50. The van der Waals surface area contributed by atoms with E-state index in [1.165, 1.54) is 0 Å². The Morgan fingerprint density at radius 2 is 1.77 bits per heavy atom. The standard InChI is InChI=1S/C26H21N3O/c1-17-22-13-12-19-16-28-25(18-8-4-2-5-9-18)29-24(19)26(22,14-20(15-27)23(17)30)21-10-6-3-7-11-21/h2-11,14,16-17,22H,12-13H2,1H3/t17-,22-,26+/m0/s1. The number of fused-ring (bicyclic) bond motifs is 3. The van der Waals surface area contributed by atoms with Gasteiger partial charge in [-0.05, 0) is 36.0 Å². The molecule has 4 nitrogen and oxygen atoms in total. The van der Waals surface area contributed by atoms with Crippen LogP contribution >= 0.6 is 0 Å². The summed E-state index contributed by atoms with van der Waals surface area (Å²) in [7, 11) is 0. The molecule has 0 radical (unpaired) electrons. The number of nitriles is 1. The van der Waals surface area contributed by atoms with Gasteiger partial charge in [0.15, 0.2) is 11.6 Å². The van der Waals surface area contributed by atoms with Crippen LogP contribution in [0.3, 0.4) is 0 Å². The fourth-order valence-electron chi connectivity index (χ4n) is 5.17. The van der Waals surface area contributed by atoms with E-state index in [2.05, 4.69) is 23.2 Å². The molecule has 2 aliphatic rings. The van der Waals surface area contributed by atoms with E-state index >= 15 is 0 Å². The first kappa shape index (κ1) is 18.4. The number of hydrogen-bond donors (Lipinski definition) is 0. The number of aromatic nitrogens is 2. The van der Waals surface area contributed by atoms with Crippen molar-refractivity contribution in [2.75, 3.05) is 0 Å². The van der Waals surface area contributed by atoms with Crippen LogP contribution in [-0.2, 0) is 16.6 Å². The Morgan fingerprint density at radius 1 is 1.07 bits per heavy atom. The molecule has 0 saturated carbocycles. The fourth-order valence-corrected chi connectivity index (χ4v) is 5.17. The minimum absolute atomic E-state index is 0.0514. The SMILES string of the molecule is C[C@@H]1C(=O)C(C#N)=C[C@]2(c3ccccc3)c3nc(-c4ccccc4)ncc3CC[C@@H]12. The molecule has 0 amide bonds. The molecule has 146 valence electrons. The Bertz CT molecular complexity index is 1190. The normalized spacial score (nSPS) is 24.9. The van der Waals surface area contributed by atoms with E-state index in [0.29, 0.717) is 5.82 Å². The fraction of sp³-hybridized carbons (Fsp3) is 0.231. The maximum absolute atomic E-state index is 12.9. The van der Waals surface area contributed by atoms with Crippen LogP contribution in [0.5, 0.6) is 0 Å². The average molecular weight is 391 g/mol. The van der Waals surface area contributed by atoms with Crippen LogP contribution in [-0.4, -0.2) is 15.8 Å². The monoisotopic (exact) mass is 391 g/mol. The predicted molar refractivity (Wildman–Crippen MR) is 114 cm³/mol. The molecule has 1 aromatic heterocycles. The van der Waals surface area contributed by atoms with Crippen LogP contribution < -0.4 is 0 Å². The zero-order chi connectivity index (χ0) is 20.7. The van der Waals surface area contributed by atoms with E-state index in [4.69, 9.17) is 4.98 Å². The lowest BCUT2D eigenvalue weighted by Gasteiger charge is -2.47. The number of Topliss-reactive ketones (excluding diaryl/α,β-unsaturated/α-hetero) is 1. The van der Waals surface area contributed by atoms with Crippen LogP contribution in [0.25, 0.3) is 11.4 Å². The molecular weight excluding hydrogens is 370 g/mol. The zero-order valence-corrected chi connectivity index (χ0v) is 16.7. The van der Waals surface area contributed by atoms with Crippen LogP contribution in [0.1, 0.15) is 30.2 Å². The van der Waals surface area contributed by atoms with Crippen molar-refractivity contribution in [2.24, 2.45) is 11.8 Å². The lowest BCUT2D eigenvalue weighted by molar-refractivity contribution is -0.121. The molecule has 4 heteroatoms.